The Kier molecular flexibility index (Phi) is 4.11. The maximum Gasteiger partial charge on any atom is 0.123 e. The molecule has 2 rings (SSSR count). The van der Waals surface area contributed by atoms with Crippen LogP contribution in [-0.2, 0) is 6.42 Å². The van der Waals surface area contributed by atoms with E-state index in [1.807, 2.05) is 18.2 Å². The molecule has 2 heteroatoms. The zero-order valence-electron chi connectivity index (χ0n) is 10.6. The van der Waals surface area contributed by atoms with Crippen molar-refractivity contribution in [3.8, 4) is 11.1 Å². The highest BCUT2D eigenvalue weighted by Gasteiger charge is 2.03. The molecule has 1 atom stereocenters. The van der Waals surface area contributed by atoms with Crippen molar-refractivity contribution in [3.05, 3.63) is 59.9 Å². The van der Waals surface area contributed by atoms with Gasteiger partial charge >= 0.3 is 0 Å². The summed E-state index contributed by atoms with van der Waals surface area (Å²) in [5, 5.41) is 0. The average molecular weight is 243 g/mol. The minimum Gasteiger partial charge on any atom is -0.327 e. The highest BCUT2D eigenvalue weighted by Crippen LogP contribution is 2.21. The van der Waals surface area contributed by atoms with Gasteiger partial charge in [0.05, 0.1) is 0 Å². The molecule has 18 heavy (non-hydrogen) atoms. The molecule has 0 heterocycles. The van der Waals surface area contributed by atoms with Gasteiger partial charge in [-0.2, -0.15) is 0 Å². The molecule has 1 unspecified atom stereocenters. The second kappa shape index (κ2) is 5.78. The minimum atomic E-state index is -0.204. The van der Waals surface area contributed by atoms with Crippen LogP contribution in [0.15, 0.2) is 48.5 Å². The van der Waals surface area contributed by atoms with E-state index in [0.29, 0.717) is 0 Å². The summed E-state index contributed by atoms with van der Waals surface area (Å²) < 4.78 is 13.1. The second-order valence-electron chi connectivity index (χ2n) is 4.58. The fraction of sp³-hybridized carbons (Fsp3) is 0.250. The summed E-state index contributed by atoms with van der Waals surface area (Å²) in [5.74, 6) is -0.204. The summed E-state index contributed by atoms with van der Waals surface area (Å²) in [6.45, 7) is 2.09. The molecule has 0 amide bonds. The third-order valence-corrected chi connectivity index (χ3v) is 3.13. The van der Waals surface area contributed by atoms with E-state index in [1.165, 1.54) is 11.6 Å². The first-order valence-electron chi connectivity index (χ1n) is 6.29. The summed E-state index contributed by atoms with van der Waals surface area (Å²) in [6.07, 6.45) is 1.87. The van der Waals surface area contributed by atoms with Gasteiger partial charge < -0.3 is 5.73 Å². The SMILES string of the molecule is CCC(N)Cc1ccc(-c2cccc(F)c2)cc1. The van der Waals surface area contributed by atoms with E-state index in [4.69, 9.17) is 5.73 Å². The zero-order valence-corrected chi connectivity index (χ0v) is 10.6. The fourth-order valence-corrected chi connectivity index (χ4v) is 1.95. The first-order chi connectivity index (χ1) is 8.69. The van der Waals surface area contributed by atoms with Gasteiger partial charge in [-0.25, -0.2) is 4.39 Å². The monoisotopic (exact) mass is 243 g/mol. The van der Waals surface area contributed by atoms with Crippen molar-refractivity contribution in [2.24, 2.45) is 5.73 Å². The Balaban J connectivity index is 2.17. The molecule has 0 spiro atoms. The van der Waals surface area contributed by atoms with Crippen LogP contribution >= 0.6 is 0 Å². The van der Waals surface area contributed by atoms with Crippen molar-refractivity contribution in [3.63, 3.8) is 0 Å². The summed E-state index contributed by atoms with van der Waals surface area (Å²) in [4.78, 5) is 0. The second-order valence-corrected chi connectivity index (χ2v) is 4.58. The van der Waals surface area contributed by atoms with Gasteiger partial charge in [0.2, 0.25) is 0 Å². The predicted octanol–water partition coefficient (Wildman–Crippen LogP) is 3.77. The number of hydrogen-bond donors (Lipinski definition) is 1. The van der Waals surface area contributed by atoms with Crippen LogP contribution in [0.2, 0.25) is 0 Å². The van der Waals surface area contributed by atoms with Gasteiger partial charge in [0.1, 0.15) is 5.82 Å². The smallest absolute Gasteiger partial charge is 0.123 e. The van der Waals surface area contributed by atoms with Crippen molar-refractivity contribution in [2.75, 3.05) is 0 Å². The van der Waals surface area contributed by atoms with Gasteiger partial charge in [0, 0.05) is 6.04 Å². The highest BCUT2D eigenvalue weighted by molar-refractivity contribution is 5.63. The van der Waals surface area contributed by atoms with E-state index in [2.05, 4.69) is 19.1 Å². The van der Waals surface area contributed by atoms with E-state index >= 15 is 0 Å². The predicted molar refractivity (Wildman–Crippen MR) is 73.8 cm³/mol. The molecule has 0 radical (unpaired) electrons. The van der Waals surface area contributed by atoms with Crippen LogP contribution in [0, 0.1) is 5.82 Å². The van der Waals surface area contributed by atoms with E-state index in [9.17, 15) is 4.39 Å². The summed E-state index contributed by atoms with van der Waals surface area (Å²) >= 11 is 0. The lowest BCUT2D eigenvalue weighted by molar-refractivity contribution is 0.628. The zero-order chi connectivity index (χ0) is 13.0. The molecule has 0 fully saturated rings. The largest absolute Gasteiger partial charge is 0.327 e. The van der Waals surface area contributed by atoms with Crippen LogP contribution in [0.25, 0.3) is 11.1 Å². The minimum absolute atomic E-state index is 0.204. The van der Waals surface area contributed by atoms with Gasteiger partial charge in [-0.3, -0.25) is 0 Å². The molecular weight excluding hydrogens is 225 g/mol. The number of benzene rings is 2. The molecule has 1 nitrogen and oxygen atoms in total. The molecule has 94 valence electrons. The third-order valence-electron chi connectivity index (χ3n) is 3.13. The molecule has 0 aliphatic rings. The maximum atomic E-state index is 13.1. The average Bonchev–Trinajstić information content (AvgIpc) is 2.39. The van der Waals surface area contributed by atoms with Gasteiger partial charge in [-0.1, -0.05) is 43.3 Å². The van der Waals surface area contributed by atoms with Crippen LogP contribution in [0.3, 0.4) is 0 Å². The lowest BCUT2D eigenvalue weighted by atomic mass is 10.00. The Morgan fingerprint density at radius 3 is 2.39 bits per heavy atom. The number of halogens is 1. The first kappa shape index (κ1) is 12.8. The van der Waals surface area contributed by atoms with Crippen LogP contribution in [0.5, 0.6) is 0 Å². The molecule has 2 aromatic rings. The van der Waals surface area contributed by atoms with Crippen LogP contribution in [0.4, 0.5) is 4.39 Å². The molecule has 0 bridgehead atoms. The standard InChI is InChI=1S/C16H18FN/c1-2-16(18)10-12-6-8-13(9-7-12)14-4-3-5-15(17)11-14/h3-9,11,16H,2,10,18H2,1H3. The van der Waals surface area contributed by atoms with Crippen LogP contribution in [0.1, 0.15) is 18.9 Å². The summed E-state index contributed by atoms with van der Waals surface area (Å²) in [7, 11) is 0. The van der Waals surface area contributed by atoms with Gasteiger partial charge in [0.25, 0.3) is 0 Å². The van der Waals surface area contributed by atoms with Crippen molar-refractivity contribution < 1.29 is 4.39 Å². The molecule has 0 saturated heterocycles. The summed E-state index contributed by atoms with van der Waals surface area (Å²) in [6, 6.07) is 15.0. The van der Waals surface area contributed by atoms with Crippen molar-refractivity contribution in [1.29, 1.82) is 0 Å². The Bertz CT molecular complexity index is 505. The molecule has 0 aliphatic carbocycles. The Hall–Kier alpha value is -1.67. The maximum absolute atomic E-state index is 13.1. The lowest BCUT2D eigenvalue weighted by Gasteiger charge is -2.09. The van der Waals surface area contributed by atoms with Gasteiger partial charge in [0.15, 0.2) is 0 Å². The van der Waals surface area contributed by atoms with E-state index in [0.717, 1.165) is 24.0 Å². The fourth-order valence-electron chi connectivity index (χ4n) is 1.95. The van der Waals surface area contributed by atoms with Crippen LogP contribution < -0.4 is 5.73 Å². The van der Waals surface area contributed by atoms with E-state index in [-0.39, 0.29) is 11.9 Å². The number of rotatable bonds is 4. The topological polar surface area (TPSA) is 26.0 Å². The molecule has 0 aliphatic heterocycles. The quantitative estimate of drug-likeness (QED) is 0.869. The highest BCUT2D eigenvalue weighted by atomic mass is 19.1. The third kappa shape index (κ3) is 3.17. The molecule has 2 aromatic carbocycles. The van der Waals surface area contributed by atoms with E-state index in [1.54, 1.807) is 12.1 Å². The lowest BCUT2D eigenvalue weighted by Crippen LogP contribution is -2.21. The molecular formula is C16H18FN. The van der Waals surface area contributed by atoms with Crippen molar-refractivity contribution >= 4 is 0 Å². The number of hydrogen-bond acceptors (Lipinski definition) is 1. The van der Waals surface area contributed by atoms with Gasteiger partial charge in [-0.05, 0) is 41.7 Å². The normalized spacial score (nSPS) is 12.4. The summed E-state index contributed by atoms with van der Waals surface area (Å²) in [5.41, 5.74) is 9.09. The Morgan fingerprint density at radius 1 is 1.06 bits per heavy atom. The first-order valence-corrected chi connectivity index (χ1v) is 6.29. The van der Waals surface area contributed by atoms with Crippen LogP contribution in [-0.4, -0.2) is 6.04 Å². The Labute approximate surface area is 107 Å². The number of nitrogens with two attached hydrogens (primary N) is 1. The van der Waals surface area contributed by atoms with Gasteiger partial charge in [-0.15, -0.1) is 0 Å². The Morgan fingerprint density at radius 2 is 1.78 bits per heavy atom. The van der Waals surface area contributed by atoms with Crippen molar-refractivity contribution in [2.45, 2.75) is 25.8 Å². The van der Waals surface area contributed by atoms with E-state index < -0.39 is 0 Å². The molecule has 0 saturated carbocycles. The molecule has 2 N–H and O–H groups in total. The molecule has 0 aromatic heterocycles. The van der Waals surface area contributed by atoms with Crippen molar-refractivity contribution in [1.82, 2.24) is 0 Å².